The van der Waals surface area contributed by atoms with E-state index in [-0.39, 0.29) is 0 Å². The van der Waals surface area contributed by atoms with Crippen LogP contribution >= 0.6 is 11.3 Å². The van der Waals surface area contributed by atoms with E-state index in [0.29, 0.717) is 25.7 Å². The Bertz CT molecular complexity index is 625. The van der Waals surface area contributed by atoms with E-state index in [4.69, 9.17) is 4.99 Å². The molecular formula is C16H29N5O2S2. The average Bonchev–Trinajstić information content (AvgIpc) is 3.24. The molecule has 25 heavy (non-hydrogen) atoms. The summed E-state index contributed by atoms with van der Waals surface area (Å²) in [5, 5.41) is 8.51. The van der Waals surface area contributed by atoms with Crippen molar-refractivity contribution < 1.29 is 8.42 Å². The zero-order chi connectivity index (χ0) is 18.1. The lowest BCUT2D eigenvalue weighted by molar-refractivity contribution is 0.255. The fourth-order valence-corrected chi connectivity index (χ4v) is 4.18. The van der Waals surface area contributed by atoms with Crippen molar-refractivity contribution in [2.45, 2.75) is 25.8 Å². The standard InChI is InChI=1S/C16H29N5O2S2/c1-3-17-16(18-8-9-20-25(2,22)23)19-13-14(15-7-6-12-24-15)21-10-4-5-11-21/h6-7,12,14,20H,3-5,8-11,13H2,1-2H3,(H2,17,18,19). The Morgan fingerprint density at radius 2 is 2.08 bits per heavy atom. The Balaban J connectivity index is 1.94. The first-order valence-corrected chi connectivity index (χ1v) is 11.5. The molecule has 1 unspecified atom stereocenters. The van der Waals surface area contributed by atoms with Crippen LogP contribution in [0.4, 0.5) is 0 Å². The predicted octanol–water partition coefficient (Wildman–Crippen LogP) is 0.989. The third kappa shape index (κ3) is 7.31. The molecule has 1 aromatic heterocycles. The van der Waals surface area contributed by atoms with Gasteiger partial charge < -0.3 is 10.6 Å². The van der Waals surface area contributed by atoms with Crippen molar-refractivity contribution in [3.8, 4) is 0 Å². The van der Waals surface area contributed by atoms with Crippen LogP contribution in [0.25, 0.3) is 0 Å². The summed E-state index contributed by atoms with van der Waals surface area (Å²) >= 11 is 1.78. The van der Waals surface area contributed by atoms with Gasteiger partial charge in [0.25, 0.3) is 0 Å². The third-order valence-electron chi connectivity index (χ3n) is 4.00. The van der Waals surface area contributed by atoms with E-state index in [2.05, 4.69) is 37.8 Å². The van der Waals surface area contributed by atoms with E-state index < -0.39 is 10.0 Å². The summed E-state index contributed by atoms with van der Waals surface area (Å²) in [6.45, 7) is 6.55. The van der Waals surface area contributed by atoms with Crippen LogP contribution in [0.3, 0.4) is 0 Å². The maximum atomic E-state index is 11.1. The molecule has 0 amide bonds. The van der Waals surface area contributed by atoms with Gasteiger partial charge >= 0.3 is 0 Å². The molecule has 142 valence electrons. The first kappa shape index (κ1) is 20.2. The van der Waals surface area contributed by atoms with Crippen LogP contribution in [0.15, 0.2) is 22.5 Å². The van der Waals surface area contributed by atoms with Crippen LogP contribution in [0.2, 0.25) is 0 Å². The molecule has 0 aliphatic carbocycles. The number of hydrogen-bond donors (Lipinski definition) is 3. The molecule has 3 N–H and O–H groups in total. The number of thiophene rings is 1. The summed E-state index contributed by atoms with van der Waals surface area (Å²) in [4.78, 5) is 8.58. The van der Waals surface area contributed by atoms with Gasteiger partial charge in [-0.05, 0) is 44.3 Å². The quantitative estimate of drug-likeness (QED) is 0.334. The van der Waals surface area contributed by atoms with E-state index in [0.717, 1.165) is 31.8 Å². The van der Waals surface area contributed by atoms with Crippen molar-refractivity contribution >= 4 is 27.3 Å². The summed E-state index contributed by atoms with van der Waals surface area (Å²) < 4.78 is 24.7. The highest BCUT2D eigenvalue weighted by atomic mass is 32.2. The number of nitrogens with one attached hydrogen (secondary N) is 3. The lowest BCUT2D eigenvalue weighted by Crippen LogP contribution is -2.42. The lowest BCUT2D eigenvalue weighted by atomic mass is 10.2. The topological polar surface area (TPSA) is 85.8 Å². The number of nitrogens with zero attached hydrogens (tertiary/aromatic N) is 2. The van der Waals surface area contributed by atoms with Crippen LogP contribution < -0.4 is 15.4 Å². The molecule has 1 fully saturated rings. The summed E-state index contributed by atoms with van der Waals surface area (Å²) in [7, 11) is -3.16. The van der Waals surface area contributed by atoms with Crippen molar-refractivity contribution in [1.29, 1.82) is 0 Å². The Morgan fingerprint density at radius 1 is 1.32 bits per heavy atom. The molecule has 0 bridgehead atoms. The van der Waals surface area contributed by atoms with Crippen molar-refractivity contribution in [3.63, 3.8) is 0 Å². The molecule has 0 radical (unpaired) electrons. The Kier molecular flexibility index (Phi) is 8.14. The summed E-state index contributed by atoms with van der Waals surface area (Å²) in [6.07, 6.45) is 3.66. The molecule has 7 nitrogen and oxygen atoms in total. The zero-order valence-electron chi connectivity index (χ0n) is 15.0. The fraction of sp³-hybridized carbons (Fsp3) is 0.688. The summed E-state index contributed by atoms with van der Waals surface area (Å²) in [5.41, 5.74) is 0. The molecule has 2 rings (SSSR count). The zero-order valence-corrected chi connectivity index (χ0v) is 16.6. The highest BCUT2D eigenvalue weighted by Crippen LogP contribution is 2.28. The Hall–Kier alpha value is -1.16. The van der Waals surface area contributed by atoms with Gasteiger partial charge in [0.05, 0.1) is 18.8 Å². The molecule has 0 aromatic carbocycles. The number of likely N-dealkylation sites (tertiary alicyclic amines) is 1. The van der Waals surface area contributed by atoms with Gasteiger partial charge in [0.1, 0.15) is 0 Å². The Morgan fingerprint density at radius 3 is 2.68 bits per heavy atom. The monoisotopic (exact) mass is 387 g/mol. The maximum Gasteiger partial charge on any atom is 0.208 e. The molecule has 1 atom stereocenters. The second kappa shape index (κ2) is 10.1. The minimum atomic E-state index is -3.16. The van der Waals surface area contributed by atoms with Gasteiger partial charge in [0.15, 0.2) is 5.96 Å². The van der Waals surface area contributed by atoms with Crippen LogP contribution in [0.1, 0.15) is 30.7 Å². The number of hydrogen-bond acceptors (Lipinski definition) is 5. The van der Waals surface area contributed by atoms with Crippen LogP contribution in [-0.4, -0.2) is 64.8 Å². The normalized spacial score (nSPS) is 17.6. The minimum Gasteiger partial charge on any atom is -0.357 e. The smallest absolute Gasteiger partial charge is 0.208 e. The second-order valence-corrected chi connectivity index (χ2v) is 8.90. The molecule has 1 aliphatic rings. The van der Waals surface area contributed by atoms with Gasteiger partial charge in [0.2, 0.25) is 10.0 Å². The molecule has 9 heteroatoms. The number of guanidine groups is 1. The van der Waals surface area contributed by atoms with E-state index in [9.17, 15) is 8.42 Å². The molecule has 0 saturated carbocycles. The van der Waals surface area contributed by atoms with E-state index in [1.165, 1.54) is 17.7 Å². The van der Waals surface area contributed by atoms with Crippen molar-refractivity contribution in [3.05, 3.63) is 22.4 Å². The van der Waals surface area contributed by atoms with Crippen LogP contribution in [-0.2, 0) is 10.0 Å². The number of rotatable bonds is 9. The largest absolute Gasteiger partial charge is 0.357 e. The summed E-state index contributed by atoms with van der Waals surface area (Å²) in [5.74, 6) is 0.721. The molecular weight excluding hydrogens is 358 g/mol. The number of sulfonamides is 1. The van der Waals surface area contributed by atoms with Gasteiger partial charge in [-0.25, -0.2) is 13.1 Å². The molecule has 1 aromatic rings. The second-order valence-electron chi connectivity index (χ2n) is 6.09. The SMILES string of the molecule is CCNC(=NCC(c1cccs1)N1CCCC1)NCCNS(C)(=O)=O. The maximum absolute atomic E-state index is 11.1. The van der Waals surface area contributed by atoms with Crippen LogP contribution in [0.5, 0.6) is 0 Å². The van der Waals surface area contributed by atoms with Crippen LogP contribution in [0, 0.1) is 0 Å². The van der Waals surface area contributed by atoms with Crippen molar-refractivity contribution in [2.24, 2.45) is 4.99 Å². The Labute approximate surface area is 155 Å². The van der Waals surface area contributed by atoms with Gasteiger partial charge in [0, 0.05) is 24.5 Å². The van der Waals surface area contributed by atoms with Crippen molar-refractivity contribution in [1.82, 2.24) is 20.3 Å². The first-order chi connectivity index (χ1) is 12.0. The highest BCUT2D eigenvalue weighted by molar-refractivity contribution is 7.88. The minimum absolute atomic E-state index is 0.312. The summed E-state index contributed by atoms with van der Waals surface area (Å²) in [6, 6.07) is 4.58. The van der Waals surface area contributed by atoms with Crippen molar-refractivity contribution in [2.75, 3.05) is 45.5 Å². The number of aliphatic imine (C=N–C) groups is 1. The molecule has 1 aliphatic heterocycles. The fourth-order valence-electron chi connectivity index (χ4n) is 2.86. The van der Waals surface area contributed by atoms with E-state index in [1.54, 1.807) is 11.3 Å². The highest BCUT2D eigenvalue weighted by Gasteiger charge is 2.24. The lowest BCUT2D eigenvalue weighted by Gasteiger charge is -2.25. The predicted molar refractivity (Wildman–Crippen MR) is 105 cm³/mol. The third-order valence-corrected chi connectivity index (χ3v) is 5.70. The molecule has 2 heterocycles. The molecule has 0 spiro atoms. The van der Waals surface area contributed by atoms with Gasteiger partial charge in [-0.1, -0.05) is 6.07 Å². The van der Waals surface area contributed by atoms with E-state index in [1.807, 2.05) is 6.92 Å². The average molecular weight is 388 g/mol. The van der Waals surface area contributed by atoms with Gasteiger partial charge in [-0.2, -0.15) is 0 Å². The first-order valence-electron chi connectivity index (χ1n) is 8.74. The van der Waals surface area contributed by atoms with Gasteiger partial charge in [-0.3, -0.25) is 9.89 Å². The molecule has 1 saturated heterocycles. The van der Waals surface area contributed by atoms with E-state index >= 15 is 0 Å². The van der Waals surface area contributed by atoms with Gasteiger partial charge in [-0.15, -0.1) is 11.3 Å².